The van der Waals surface area contributed by atoms with Gasteiger partial charge in [0, 0.05) is 6.04 Å². The van der Waals surface area contributed by atoms with Crippen molar-refractivity contribution in [2.24, 2.45) is 0 Å². The molecule has 1 nitrogen and oxygen atoms in total. The maximum atomic E-state index is 13.7. The van der Waals surface area contributed by atoms with E-state index in [4.69, 9.17) is 0 Å². The summed E-state index contributed by atoms with van der Waals surface area (Å²) in [6.07, 6.45) is 0. The summed E-state index contributed by atoms with van der Waals surface area (Å²) in [5, 5.41) is 3.25. The van der Waals surface area contributed by atoms with E-state index in [9.17, 15) is 4.39 Å². The number of para-hydroxylation sites is 1. The fourth-order valence-corrected chi connectivity index (χ4v) is 2.76. The van der Waals surface area contributed by atoms with E-state index >= 15 is 0 Å². The smallest absolute Gasteiger partial charge is 0.146 e. The van der Waals surface area contributed by atoms with Crippen LogP contribution in [0.15, 0.2) is 36.4 Å². The molecule has 100 valence electrons. The molecule has 2 aromatic rings. The Kier molecular flexibility index (Phi) is 3.89. The minimum Gasteiger partial charge on any atom is -0.376 e. The predicted molar refractivity (Wildman–Crippen MR) is 79.1 cm³/mol. The maximum absolute atomic E-state index is 13.7. The molecule has 0 saturated carbocycles. The van der Waals surface area contributed by atoms with Crippen LogP contribution in [0.2, 0.25) is 0 Å². The average Bonchev–Trinajstić information content (AvgIpc) is 2.30. The molecule has 0 aliphatic carbocycles. The number of hydrogen-bond acceptors (Lipinski definition) is 1. The molecule has 1 N–H and O–H groups in total. The Morgan fingerprint density at radius 2 is 1.58 bits per heavy atom. The van der Waals surface area contributed by atoms with Gasteiger partial charge in [0.05, 0.1) is 5.69 Å². The highest BCUT2D eigenvalue weighted by Gasteiger charge is 2.13. The van der Waals surface area contributed by atoms with Crippen molar-refractivity contribution in [1.29, 1.82) is 0 Å². The van der Waals surface area contributed by atoms with Crippen molar-refractivity contribution in [3.8, 4) is 0 Å². The summed E-state index contributed by atoms with van der Waals surface area (Å²) in [6, 6.07) is 11.2. The summed E-state index contributed by atoms with van der Waals surface area (Å²) < 4.78 is 13.7. The summed E-state index contributed by atoms with van der Waals surface area (Å²) in [6.45, 7) is 8.37. The third-order valence-electron chi connectivity index (χ3n) is 3.42. The lowest BCUT2D eigenvalue weighted by Gasteiger charge is -2.21. The highest BCUT2D eigenvalue weighted by atomic mass is 19.1. The molecule has 0 aromatic heterocycles. The first-order chi connectivity index (χ1) is 8.99. The molecule has 0 aliphatic rings. The van der Waals surface area contributed by atoms with Crippen molar-refractivity contribution >= 4 is 5.69 Å². The van der Waals surface area contributed by atoms with Gasteiger partial charge in [0.15, 0.2) is 0 Å². The first kappa shape index (κ1) is 13.6. The Morgan fingerprint density at radius 3 is 2.16 bits per heavy atom. The Labute approximate surface area is 114 Å². The van der Waals surface area contributed by atoms with Gasteiger partial charge in [0.25, 0.3) is 0 Å². The molecule has 0 radical (unpaired) electrons. The number of rotatable bonds is 3. The second-order valence-electron chi connectivity index (χ2n) is 5.16. The summed E-state index contributed by atoms with van der Waals surface area (Å²) >= 11 is 0. The quantitative estimate of drug-likeness (QED) is 0.822. The third-order valence-corrected chi connectivity index (χ3v) is 3.42. The second-order valence-corrected chi connectivity index (χ2v) is 5.16. The summed E-state index contributed by atoms with van der Waals surface area (Å²) in [5.41, 5.74) is 5.54. The van der Waals surface area contributed by atoms with Gasteiger partial charge in [-0.15, -0.1) is 0 Å². The van der Waals surface area contributed by atoms with Crippen LogP contribution in [0.1, 0.15) is 35.2 Å². The van der Waals surface area contributed by atoms with Crippen LogP contribution in [0.5, 0.6) is 0 Å². The molecule has 0 heterocycles. The molecular formula is C17H20FN. The molecule has 1 unspecified atom stereocenters. The Bertz CT molecular complexity index is 567. The molecule has 2 heteroatoms. The molecule has 1 atom stereocenters. The van der Waals surface area contributed by atoms with E-state index in [1.807, 2.05) is 6.07 Å². The molecule has 2 rings (SSSR count). The fraction of sp³-hybridized carbons (Fsp3) is 0.294. The molecule has 0 aliphatic heterocycles. The third kappa shape index (κ3) is 2.95. The van der Waals surface area contributed by atoms with Crippen LogP contribution in [0.4, 0.5) is 10.1 Å². The summed E-state index contributed by atoms with van der Waals surface area (Å²) in [5.74, 6) is -0.211. The first-order valence-electron chi connectivity index (χ1n) is 6.58. The topological polar surface area (TPSA) is 12.0 Å². The highest BCUT2D eigenvalue weighted by Crippen LogP contribution is 2.27. The molecular weight excluding hydrogens is 237 g/mol. The number of halogens is 1. The lowest BCUT2D eigenvalue weighted by molar-refractivity contribution is 0.627. The van der Waals surface area contributed by atoms with Crippen LogP contribution in [-0.2, 0) is 0 Å². The molecule has 0 saturated heterocycles. The SMILES string of the molecule is Cc1cc(C)c(C(C)Nc2ccccc2F)c(C)c1. The number of aryl methyl sites for hydroxylation is 3. The van der Waals surface area contributed by atoms with Gasteiger partial charge in [-0.2, -0.15) is 0 Å². The Morgan fingerprint density at radius 1 is 1.00 bits per heavy atom. The van der Waals surface area contributed by atoms with Gasteiger partial charge in [-0.05, 0) is 56.5 Å². The zero-order valence-corrected chi connectivity index (χ0v) is 11.9. The van der Waals surface area contributed by atoms with Gasteiger partial charge < -0.3 is 5.32 Å². The van der Waals surface area contributed by atoms with Crippen LogP contribution in [-0.4, -0.2) is 0 Å². The van der Waals surface area contributed by atoms with Crippen molar-refractivity contribution < 1.29 is 4.39 Å². The van der Waals surface area contributed by atoms with Crippen molar-refractivity contribution in [3.05, 3.63) is 64.5 Å². The number of benzene rings is 2. The van der Waals surface area contributed by atoms with E-state index in [2.05, 4.69) is 45.1 Å². The van der Waals surface area contributed by atoms with E-state index < -0.39 is 0 Å². The monoisotopic (exact) mass is 257 g/mol. The number of nitrogens with one attached hydrogen (secondary N) is 1. The van der Waals surface area contributed by atoms with E-state index in [-0.39, 0.29) is 11.9 Å². The lowest BCUT2D eigenvalue weighted by Crippen LogP contribution is -2.11. The van der Waals surface area contributed by atoms with Crippen molar-refractivity contribution in [1.82, 2.24) is 0 Å². The molecule has 0 fully saturated rings. The minimum absolute atomic E-state index is 0.0810. The minimum atomic E-state index is -0.211. The number of hydrogen-bond donors (Lipinski definition) is 1. The van der Waals surface area contributed by atoms with Gasteiger partial charge in [-0.1, -0.05) is 29.8 Å². The van der Waals surface area contributed by atoms with Crippen LogP contribution in [0.3, 0.4) is 0 Å². The first-order valence-corrected chi connectivity index (χ1v) is 6.58. The maximum Gasteiger partial charge on any atom is 0.146 e. The second kappa shape index (κ2) is 5.43. The molecule has 0 bridgehead atoms. The normalized spacial score (nSPS) is 12.3. The number of anilines is 1. The Balaban J connectivity index is 2.31. The summed E-state index contributed by atoms with van der Waals surface area (Å²) in [7, 11) is 0. The van der Waals surface area contributed by atoms with E-state index in [0.717, 1.165) is 0 Å². The van der Waals surface area contributed by atoms with Gasteiger partial charge in [0.2, 0.25) is 0 Å². The average molecular weight is 257 g/mol. The van der Waals surface area contributed by atoms with Crippen molar-refractivity contribution in [3.63, 3.8) is 0 Å². The van der Waals surface area contributed by atoms with Gasteiger partial charge in [0.1, 0.15) is 5.82 Å². The van der Waals surface area contributed by atoms with E-state index in [1.54, 1.807) is 12.1 Å². The highest BCUT2D eigenvalue weighted by molar-refractivity contribution is 5.49. The predicted octanol–water partition coefficient (Wildman–Crippen LogP) is 4.92. The van der Waals surface area contributed by atoms with Crippen LogP contribution >= 0.6 is 0 Å². The van der Waals surface area contributed by atoms with Gasteiger partial charge >= 0.3 is 0 Å². The molecule has 0 amide bonds. The zero-order chi connectivity index (χ0) is 14.0. The molecule has 19 heavy (non-hydrogen) atoms. The van der Waals surface area contributed by atoms with Crippen LogP contribution < -0.4 is 5.32 Å². The van der Waals surface area contributed by atoms with Crippen LogP contribution in [0, 0.1) is 26.6 Å². The van der Waals surface area contributed by atoms with Crippen molar-refractivity contribution in [2.45, 2.75) is 33.7 Å². The van der Waals surface area contributed by atoms with Crippen LogP contribution in [0.25, 0.3) is 0 Å². The van der Waals surface area contributed by atoms with Gasteiger partial charge in [-0.25, -0.2) is 4.39 Å². The van der Waals surface area contributed by atoms with E-state index in [1.165, 1.54) is 28.3 Å². The van der Waals surface area contributed by atoms with Crippen molar-refractivity contribution in [2.75, 3.05) is 5.32 Å². The molecule has 2 aromatic carbocycles. The standard InChI is InChI=1S/C17H20FN/c1-11-9-12(2)17(13(3)10-11)14(4)19-16-8-6-5-7-15(16)18/h5-10,14,19H,1-4H3. The van der Waals surface area contributed by atoms with Gasteiger partial charge in [-0.3, -0.25) is 0 Å². The largest absolute Gasteiger partial charge is 0.376 e. The Hall–Kier alpha value is -1.83. The summed E-state index contributed by atoms with van der Waals surface area (Å²) in [4.78, 5) is 0. The zero-order valence-electron chi connectivity index (χ0n) is 11.9. The fourth-order valence-electron chi connectivity index (χ4n) is 2.76. The molecule has 0 spiro atoms. The van der Waals surface area contributed by atoms with E-state index in [0.29, 0.717) is 5.69 Å². The lowest BCUT2D eigenvalue weighted by atomic mass is 9.95.